The zero-order valence-corrected chi connectivity index (χ0v) is 7.71. The average molecular weight is 183 g/mol. The van der Waals surface area contributed by atoms with E-state index in [1.54, 1.807) is 32.6 Å². The van der Waals surface area contributed by atoms with Crippen LogP contribution < -0.4 is 0 Å². The minimum atomic E-state index is -0.0683. The zero-order valence-electron chi connectivity index (χ0n) is 6.89. The lowest BCUT2D eigenvalue weighted by atomic mass is 10.7. The molecule has 0 spiro atoms. The SMILES string of the molecule is CN(C)C(=O)Sc1ncccn1. The summed E-state index contributed by atoms with van der Waals surface area (Å²) in [4.78, 5) is 20.4. The summed E-state index contributed by atoms with van der Waals surface area (Å²) >= 11 is 1.02. The summed E-state index contributed by atoms with van der Waals surface area (Å²) in [7, 11) is 3.39. The van der Waals surface area contributed by atoms with Crippen molar-refractivity contribution in [1.82, 2.24) is 14.9 Å². The molecule has 0 aliphatic heterocycles. The van der Waals surface area contributed by atoms with E-state index in [0.29, 0.717) is 5.16 Å². The second-order valence-electron chi connectivity index (χ2n) is 2.29. The number of nitrogens with zero attached hydrogens (tertiary/aromatic N) is 3. The van der Waals surface area contributed by atoms with Crippen LogP contribution in [0.5, 0.6) is 0 Å². The van der Waals surface area contributed by atoms with Gasteiger partial charge in [-0.05, 0) is 6.07 Å². The van der Waals surface area contributed by atoms with Crippen molar-refractivity contribution < 1.29 is 4.79 Å². The first-order chi connectivity index (χ1) is 5.70. The van der Waals surface area contributed by atoms with Gasteiger partial charge >= 0.3 is 0 Å². The molecule has 0 radical (unpaired) electrons. The fraction of sp³-hybridized carbons (Fsp3) is 0.286. The summed E-state index contributed by atoms with van der Waals surface area (Å²) in [5.41, 5.74) is 0. The van der Waals surface area contributed by atoms with Gasteiger partial charge in [-0.2, -0.15) is 0 Å². The Kier molecular flexibility index (Phi) is 3.04. The van der Waals surface area contributed by atoms with Crippen molar-refractivity contribution in [3.63, 3.8) is 0 Å². The maximum absolute atomic E-state index is 11.1. The summed E-state index contributed by atoms with van der Waals surface area (Å²) in [6.45, 7) is 0. The van der Waals surface area contributed by atoms with Crippen LogP contribution in [0.2, 0.25) is 0 Å². The molecule has 1 rings (SSSR count). The molecule has 0 aromatic carbocycles. The van der Waals surface area contributed by atoms with Gasteiger partial charge in [0.05, 0.1) is 0 Å². The molecule has 5 heteroatoms. The minimum absolute atomic E-state index is 0.0683. The van der Waals surface area contributed by atoms with Crippen molar-refractivity contribution in [1.29, 1.82) is 0 Å². The van der Waals surface area contributed by atoms with Crippen molar-refractivity contribution in [3.05, 3.63) is 18.5 Å². The van der Waals surface area contributed by atoms with Gasteiger partial charge in [0.25, 0.3) is 5.24 Å². The first-order valence-electron chi connectivity index (χ1n) is 3.36. The van der Waals surface area contributed by atoms with E-state index >= 15 is 0 Å². The number of hydrogen-bond donors (Lipinski definition) is 0. The van der Waals surface area contributed by atoms with Crippen molar-refractivity contribution in [3.8, 4) is 0 Å². The lowest BCUT2D eigenvalue weighted by Gasteiger charge is -2.06. The summed E-state index contributed by atoms with van der Waals surface area (Å²) in [6.07, 6.45) is 3.22. The van der Waals surface area contributed by atoms with E-state index in [4.69, 9.17) is 0 Å². The van der Waals surface area contributed by atoms with Crippen molar-refractivity contribution in [2.24, 2.45) is 0 Å². The van der Waals surface area contributed by atoms with Gasteiger partial charge in [-0.1, -0.05) is 0 Å². The van der Waals surface area contributed by atoms with Crippen LogP contribution in [-0.4, -0.2) is 34.2 Å². The predicted octanol–water partition coefficient (Wildman–Crippen LogP) is 1.25. The van der Waals surface area contributed by atoms with Crippen molar-refractivity contribution in [2.45, 2.75) is 5.16 Å². The molecule has 1 amide bonds. The van der Waals surface area contributed by atoms with E-state index < -0.39 is 0 Å². The van der Waals surface area contributed by atoms with Crippen LogP contribution in [-0.2, 0) is 0 Å². The Morgan fingerprint density at radius 1 is 1.42 bits per heavy atom. The van der Waals surface area contributed by atoms with E-state index in [1.807, 2.05) is 0 Å². The fourth-order valence-corrected chi connectivity index (χ4v) is 1.07. The summed E-state index contributed by atoms with van der Waals surface area (Å²) in [6, 6.07) is 1.71. The van der Waals surface area contributed by atoms with Gasteiger partial charge in [-0.15, -0.1) is 0 Å². The first-order valence-corrected chi connectivity index (χ1v) is 4.18. The highest BCUT2D eigenvalue weighted by molar-refractivity contribution is 8.13. The number of aromatic nitrogens is 2. The Morgan fingerprint density at radius 2 is 2.00 bits per heavy atom. The van der Waals surface area contributed by atoms with Crippen LogP contribution in [0.4, 0.5) is 4.79 Å². The second-order valence-corrected chi connectivity index (χ2v) is 3.21. The standard InChI is InChI=1S/C7H9N3OS/c1-10(2)7(11)12-6-8-4-3-5-9-6/h3-5H,1-2H3. The molecule has 12 heavy (non-hydrogen) atoms. The number of carbonyl (C=O) groups excluding carboxylic acids is 1. The molecule has 0 saturated heterocycles. The normalized spacial score (nSPS) is 9.50. The molecule has 0 aliphatic rings. The Labute approximate surface area is 75.0 Å². The molecule has 1 aromatic heterocycles. The molecule has 64 valence electrons. The third kappa shape index (κ3) is 2.50. The van der Waals surface area contributed by atoms with E-state index in [-0.39, 0.29) is 5.24 Å². The number of carbonyl (C=O) groups is 1. The van der Waals surface area contributed by atoms with Gasteiger partial charge in [0.2, 0.25) is 0 Å². The molecule has 0 aliphatic carbocycles. The Balaban J connectivity index is 2.59. The van der Waals surface area contributed by atoms with E-state index in [1.165, 1.54) is 4.90 Å². The van der Waals surface area contributed by atoms with Gasteiger partial charge in [0.1, 0.15) is 0 Å². The number of hydrogen-bond acceptors (Lipinski definition) is 4. The molecule has 0 N–H and O–H groups in total. The van der Waals surface area contributed by atoms with Gasteiger partial charge in [-0.3, -0.25) is 4.79 Å². The largest absolute Gasteiger partial charge is 0.339 e. The van der Waals surface area contributed by atoms with Gasteiger partial charge in [0.15, 0.2) is 5.16 Å². The average Bonchev–Trinajstić information content (AvgIpc) is 2.06. The Hall–Kier alpha value is -1.10. The third-order valence-corrected chi connectivity index (χ3v) is 2.02. The number of amides is 1. The summed E-state index contributed by atoms with van der Waals surface area (Å²) in [5, 5.41) is 0.414. The topological polar surface area (TPSA) is 46.1 Å². The van der Waals surface area contributed by atoms with Crippen LogP contribution in [0.3, 0.4) is 0 Å². The van der Waals surface area contributed by atoms with E-state index in [2.05, 4.69) is 9.97 Å². The Morgan fingerprint density at radius 3 is 2.50 bits per heavy atom. The minimum Gasteiger partial charge on any atom is -0.339 e. The molecule has 0 fully saturated rings. The van der Waals surface area contributed by atoms with Crippen molar-refractivity contribution in [2.75, 3.05) is 14.1 Å². The molecular weight excluding hydrogens is 174 g/mol. The third-order valence-electron chi connectivity index (χ3n) is 1.09. The van der Waals surface area contributed by atoms with Crippen LogP contribution >= 0.6 is 11.8 Å². The Bertz CT molecular complexity index is 263. The van der Waals surface area contributed by atoms with E-state index in [9.17, 15) is 4.79 Å². The van der Waals surface area contributed by atoms with Crippen LogP contribution in [0.1, 0.15) is 0 Å². The molecular formula is C7H9N3OS. The van der Waals surface area contributed by atoms with E-state index in [0.717, 1.165) is 11.8 Å². The van der Waals surface area contributed by atoms with Gasteiger partial charge < -0.3 is 4.90 Å². The summed E-state index contributed by atoms with van der Waals surface area (Å²) in [5.74, 6) is 0. The summed E-state index contributed by atoms with van der Waals surface area (Å²) < 4.78 is 0. The fourth-order valence-electron chi connectivity index (χ4n) is 0.507. The highest BCUT2D eigenvalue weighted by Gasteiger charge is 2.07. The highest BCUT2D eigenvalue weighted by atomic mass is 32.2. The number of rotatable bonds is 1. The van der Waals surface area contributed by atoms with Crippen LogP contribution in [0.15, 0.2) is 23.6 Å². The molecule has 1 aromatic rings. The van der Waals surface area contributed by atoms with Gasteiger partial charge in [-0.25, -0.2) is 9.97 Å². The lowest BCUT2D eigenvalue weighted by Crippen LogP contribution is -2.16. The monoisotopic (exact) mass is 183 g/mol. The molecule has 0 unspecified atom stereocenters. The smallest absolute Gasteiger partial charge is 0.288 e. The molecule has 0 saturated carbocycles. The molecule has 0 atom stereocenters. The van der Waals surface area contributed by atoms with Crippen molar-refractivity contribution >= 4 is 17.0 Å². The maximum Gasteiger partial charge on any atom is 0.288 e. The first kappa shape index (κ1) is 8.99. The maximum atomic E-state index is 11.1. The second kappa shape index (κ2) is 4.06. The van der Waals surface area contributed by atoms with Crippen LogP contribution in [0, 0.1) is 0 Å². The zero-order chi connectivity index (χ0) is 8.97. The molecule has 0 bridgehead atoms. The lowest BCUT2D eigenvalue weighted by molar-refractivity contribution is 0.241. The molecule has 4 nitrogen and oxygen atoms in total. The predicted molar refractivity (Wildman–Crippen MR) is 47.0 cm³/mol. The number of thioether (sulfide) groups is 1. The van der Waals surface area contributed by atoms with Gasteiger partial charge in [0, 0.05) is 38.3 Å². The van der Waals surface area contributed by atoms with Crippen LogP contribution in [0.25, 0.3) is 0 Å². The highest BCUT2D eigenvalue weighted by Crippen LogP contribution is 2.13. The molecule has 1 heterocycles. The quantitative estimate of drug-likeness (QED) is 0.485.